The highest BCUT2D eigenvalue weighted by Gasteiger charge is 2.41. The molecule has 1 aromatic heterocycles. The molecule has 164 valence electrons. The van der Waals surface area contributed by atoms with E-state index in [4.69, 9.17) is 27.9 Å². The van der Waals surface area contributed by atoms with Crippen LogP contribution in [0.5, 0.6) is 0 Å². The van der Waals surface area contributed by atoms with Gasteiger partial charge in [-0.1, -0.05) is 50.0 Å². The first-order chi connectivity index (χ1) is 14.5. The van der Waals surface area contributed by atoms with Crippen molar-refractivity contribution in [2.75, 3.05) is 13.1 Å². The number of carbonyl (C=O) groups is 1. The lowest BCUT2D eigenvalue weighted by atomic mass is 9.88. The number of amides is 1. The third kappa shape index (κ3) is 4.87. The second-order valence-electron chi connectivity index (χ2n) is 8.59. The summed E-state index contributed by atoms with van der Waals surface area (Å²) in [6.07, 6.45) is -0.723. The lowest BCUT2D eigenvalue weighted by Gasteiger charge is -2.34. The molecule has 3 rings (SSSR count). The maximum absolute atomic E-state index is 12.9. The highest BCUT2D eigenvalue weighted by atomic mass is 35.5. The molecule has 3 atom stereocenters. The van der Waals surface area contributed by atoms with Crippen LogP contribution in [0.3, 0.4) is 0 Å². The Morgan fingerprint density at radius 1 is 1.23 bits per heavy atom. The fraction of sp³-hybridized carbons (Fsp3) is 0.409. The Morgan fingerprint density at radius 2 is 1.94 bits per heavy atom. The van der Waals surface area contributed by atoms with E-state index in [1.807, 2.05) is 26.8 Å². The van der Waals surface area contributed by atoms with E-state index in [2.05, 4.69) is 0 Å². The average molecular weight is 464 g/mol. The summed E-state index contributed by atoms with van der Waals surface area (Å²) in [5.74, 6) is 0. The SMILES string of the molecule is CC(C)(C)C1CN(C(=O)O)CC(n2cccc(C#N)c2=O)C(c2ccc(Cl)c(Cl)c2)O1. The number of hydrogen-bond donors (Lipinski definition) is 1. The van der Waals surface area contributed by atoms with Gasteiger partial charge >= 0.3 is 6.09 Å². The smallest absolute Gasteiger partial charge is 0.407 e. The van der Waals surface area contributed by atoms with Crippen molar-refractivity contribution in [3.05, 3.63) is 68.1 Å². The Hall–Kier alpha value is -2.53. The number of halogens is 2. The van der Waals surface area contributed by atoms with Crippen LogP contribution in [0, 0.1) is 16.7 Å². The molecule has 1 fully saturated rings. The van der Waals surface area contributed by atoms with Crippen molar-refractivity contribution in [1.82, 2.24) is 9.47 Å². The third-order valence-corrected chi connectivity index (χ3v) is 6.15. The first-order valence-electron chi connectivity index (χ1n) is 9.72. The molecule has 0 spiro atoms. The number of nitrogens with zero attached hydrogens (tertiary/aromatic N) is 3. The van der Waals surface area contributed by atoms with E-state index in [-0.39, 0.29) is 24.1 Å². The summed E-state index contributed by atoms with van der Waals surface area (Å²) in [5, 5.41) is 19.8. The molecule has 2 aromatic rings. The predicted octanol–water partition coefficient (Wildman–Crippen LogP) is 4.73. The molecule has 2 heterocycles. The number of pyridine rings is 1. The molecule has 1 aromatic carbocycles. The summed E-state index contributed by atoms with van der Waals surface area (Å²) < 4.78 is 7.85. The van der Waals surface area contributed by atoms with Crippen LogP contribution in [0.15, 0.2) is 41.3 Å². The fourth-order valence-electron chi connectivity index (χ4n) is 3.62. The van der Waals surface area contributed by atoms with Gasteiger partial charge in [-0.3, -0.25) is 4.79 Å². The van der Waals surface area contributed by atoms with Crippen molar-refractivity contribution >= 4 is 29.3 Å². The molecule has 3 unspecified atom stereocenters. The van der Waals surface area contributed by atoms with Gasteiger partial charge in [0.2, 0.25) is 0 Å². The van der Waals surface area contributed by atoms with Crippen LogP contribution < -0.4 is 5.56 Å². The van der Waals surface area contributed by atoms with Gasteiger partial charge in [0, 0.05) is 12.7 Å². The van der Waals surface area contributed by atoms with Crippen molar-refractivity contribution in [2.45, 2.75) is 39.0 Å². The van der Waals surface area contributed by atoms with E-state index >= 15 is 0 Å². The van der Waals surface area contributed by atoms with Crippen LogP contribution in [0.4, 0.5) is 4.79 Å². The summed E-state index contributed by atoms with van der Waals surface area (Å²) in [6.45, 7) is 6.03. The van der Waals surface area contributed by atoms with E-state index in [0.717, 1.165) is 0 Å². The molecule has 31 heavy (non-hydrogen) atoms. The zero-order chi connectivity index (χ0) is 22.9. The molecule has 0 aliphatic carbocycles. The number of hydrogen-bond acceptors (Lipinski definition) is 4. The number of ether oxygens (including phenoxy) is 1. The molecule has 1 aliphatic heterocycles. The van der Waals surface area contributed by atoms with Crippen LogP contribution in [0.1, 0.15) is 44.0 Å². The molecule has 9 heteroatoms. The maximum Gasteiger partial charge on any atom is 0.407 e. The quantitative estimate of drug-likeness (QED) is 0.693. The molecule has 1 saturated heterocycles. The largest absolute Gasteiger partial charge is 0.465 e. The normalized spacial score (nSPS) is 21.9. The van der Waals surface area contributed by atoms with Crippen molar-refractivity contribution < 1.29 is 14.6 Å². The zero-order valence-corrected chi connectivity index (χ0v) is 18.9. The van der Waals surface area contributed by atoms with Gasteiger partial charge < -0.3 is 19.3 Å². The molecule has 0 bridgehead atoms. The number of aromatic nitrogens is 1. The van der Waals surface area contributed by atoms with Crippen LogP contribution in [-0.2, 0) is 4.74 Å². The Kier molecular flexibility index (Phi) is 6.65. The van der Waals surface area contributed by atoms with Gasteiger partial charge in [0.1, 0.15) is 17.7 Å². The molecule has 1 N–H and O–H groups in total. The lowest BCUT2D eigenvalue weighted by Crippen LogP contribution is -2.42. The summed E-state index contributed by atoms with van der Waals surface area (Å²) in [6, 6.07) is 9.23. The van der Waals surface area contributed by atoms with Crippen LogP contribution in [0.2, 0.25) is 10.0 Å². The average Bonchev–Trinajstić information content (AvgIpc) is 2.91. The summed E-state index contributed by atoms with van der Waals surface area (Å²) in [5.41, 5.74) is -0.261. The number of benzene rings is 1. The van der Waals surface area contributed by atoms with E-state index in [9.17, 15) is 20.0 Å². The van der Waals surface area contributed by atoms with Crippen LogP contribution in [0.25, 0.3) is 0 Å². The highest BCUT2D eigenvalue weighted by Crippen LogP contribution is 2.40. The monoisotopic (exact) mass is 463 g/mol. The lowest BCUT2D eigenvalue weighted by molar-refractivity contribution is -0.0749. The van der Waals surface area contributed by atoms with Crippen molar-refractivity contribution in [1.29, 1.82) is 5.26 Å². The zero-order valence-electron chi connectivity index (χ0n) is 17.4. The summed E-state index contributed by atoms with van der Waals surface area (Å²) in [4.78, 5) is 26.2. The van der Waals surface area contributed by atoms with Gasteiger partial charge in [-0.2, -0.15) is 5.26 Å². The number of rotatable bonds is 2. The Labute approximate surface area is 190 Å². The van der Waals surface area contributed by atoms with E-state index in [1.165, 1.54) is 15.5 Å². The van der Waals surface area contributed by atoms with Crippen LogP contribution >= 0.6 is 23.2 Å². The second kappa shape index (κ2) is 8.91. The van der Waals surface area contributed by atoms with Crippen molar-refractivity contribution in [3.63, 3.8) is 0 Å². The van der Waals surface area contributed by atoms with E-state index in [1.54, 1.807) is 30.5 Å². The molecule has 7 nitrogen and oxygen atoms in total. The molecule has 1 amide bonds. The molecular formula is C22H23Cl2N3O4. The summed E-state index contributed by atoms with van der Waals surface area (Å²) >= 11 is 12.3. The number of carboxylic acid groups (broad SMARTS) is 1. The van der Waals surface area contributed by atoms with Crippen molar-refractivity contribution in [2.24, 2.45) is 5.41 Å². The minimum atomic E-state index is -1.11. The van der Waals surface area contributed by atoms with Gasteiger partial charge in [-0.25, -0.2) is 4.79 Å². The minimum Gasteiger partial charge on any atom is -0.465 e. The predicted molar refractivity (Wildman–Crippen MR) is 118 cm³/mol. The first-order valence-corrected chi connectivity index (χ1v) is 10.5. The van der Waals surface area contributed by atoms with Gasteiger partial charge in [0.05, 0.1) is 28.7 Å². The fourth-order valence-corrected chi connectivity index (χ4v) is 3.93. The van der Waals surface area contributed by atoms with Crippen molar-refractivity contribution in [3.8, 4) is 6.07 Å². The van der Waals surface area contributed by atoms with Gasteiger partial charge in [-0.05, 0) is 35.2 Å². The number of nitriles is 1. The Balaban J connectivity index is 2.21. The standard InChI is InChI=1S/C22H23Cl2N3O4/c1-22(2,3)18-12-26(21(29)30)11-17(27-8-4-5-14(10-25)20(27)28)19(31-18)13-6-7-15(23)16(24)9-13/h4-9,17-19H,11-12H2,1-3H3,(H,29,30). The summed E-state index contributed by atoms with van der Waals surface area (Å²) in [7, 11) is 0. The third-order valence-electron chi connectivity index (χ3n) is 5.41. The maximum atomic E-state index is 12.9. The van der Waals surface area contributed by atoms with Gasteiger partial charge in [0.15, 0.2) is 0 Å². The van der Waals surface area contributed by atoms with Gasteiger partial charge in [-0.15, -0.1) is 0 Å². The highest BCUT2D eigenvalue weighted by molar-refractivity contribution is 6.42. The second-order valence-corrected chi connectivity index (χ2v) is 9.40. The Bertz CT molecular complexity index is 1090. The van der Waals surface area contributed by atoms with E-state index in [0.29, 0.717) is 15.6 Å². The molecular weight excluding hydrogens is 441 g/mol. The van der Waals surface area contributed by atoms with Gasteiger partial charge in [0.25, 0.3) is 5.56 Å². The van der Waals surface area contributed by atoms with E-state index < -0.39 is 29.9 Å². The molecule has 1 aliphatic rings. The Morgan fingerprint density at radius 3 is 2.52 bits per heavy atom. The first kappa shape index (κ1) is 23.1. The topological polar surface area (TPSA) is 95.6 Å². The molecule has 0 saturated carbocycles. The van der Waals surface area contributed by atoms with Crippen LogP contribution in [-0.4, -0.2) is 39.9 Å². The molecule has 0 radical (unpaired) electrons. The minimum absolute atomic E-state index is 0.00160.